The van der Waals surface area contributed by atoms with Gasteiger partial charge in [0.05, 0.1) is 0 Å². The molecule has 3 heteroatoms. The van der Waals surface area contributed by atoms with Crippen molar-refractivity contribution in [2.24, 2.45) is 0 Å². The molecule has 1 saturated heterocycles. The lowest BCUT2D eigenvalue weighted by molar-refractivity contribution is -0.145. The molecule has 0 radical (unpaired) electrons. The third kappa shape index (κ3) is 1.33. The maximum atomic E-state index is 10.6. The second-order valence-electron chi connectivity index (χ2n) is 3.68. The molecule has 0 amide bonds. The molecule has 0 bridgehead atoms. The summed E-state index contributed by atoms with van der Waals surface area (Å²) >= 11 is 0. The fourth-order valence-electron chi connectivity index (χ4n) is 1.97. The smallest absolute Gasteiger partial charge is 0.305 e. The van der Waals surface area contributed by atoms with Crippen LogP contribution in [0.15, 0.2) is 0 Å². The Morgan fingerprint density at radius 1 is 1.42 bits per heavy atom. The van der Waals surface area contributed by atoms with Crippen LogP contribution in [-0.2, 0) is 14.3 Å². The Kier molecular flexibility index (Phi) is 1.83. The number of carbonyl (C=O) groups excluding carboxylic acids is 1. The van der Waals surface area contributed by atoms with Gasteiger partial charge in [0.15, 0.2) is 0 Å². The summed E-state index contributed by atoms with van der Waals surface area (Å²) in [7, 11) is 0. The Bertz CT molecular complexity index is 194. The highest BCUT2D eigenvalue weighted by Gasteiger charge is 2.59. The highest BCUT2D eigenvalue weighted by Crippen LogP contribution is 2.48. The van der Waals surface area contributed by atoms with Gasteiger partial charge < -0.3 is 9.47 Å². The van der Waals surface area contributed by atoms with Gasteiger partial charge in [-0.25, -0.2) is 0 Å². The molecule has 0 N–H and O–H groups in total. The van der Waals surface area contributed by atoms with Gasteiger partial charge in [-0.2, -0.15) is 0 Å². The molecule has 12 heavy (non-hydrogen) atoms. The van der Waals surface area contributed by atoms with Gasteiger partial charge in [0.2, 0.25) is 6.29 Å². The molecule has 2 aliphatic rings. The zero-order valence-electron chi connectivity index (χ0n) is 7.34. The maximum absolute atomic E-state index is 10.6. The molecule has 1 spiro atoms. The second-order valence-corrected chi connectivity index (χ2v) is 3.68. The molecule has 1 unspecified atom stereocenters. The summed E-state index contributed by atoms with van der Waals surface area (Å²) in [6.45, 7) is 1.43. The van der Waals surface area contributed by atoms with Crippen LogP contribution in [0.2, 0.25) is 0 Å². The van der Waals surface area contributed by atoms with E-state index in [0.717, 1.165) is 12.8 Å². The fraction of sp³-hybridized carbons (Fsp3) is 0.889. The molecule has 0 aromatic rings. The van der Waals surface area contributed by atoms with Crippen LogP contribution in [0.5, 0.6) is 0 Å². The first kappa shape index (κ1) is 8.05. The van der Waals surface area contributed by atoms with Gasteiger partial charge in [-0.3, -0.25) is 4.79 Å². The van der Waals surface area contributed by atoms with Crippen LogP contribution in [0.3, 0.4) is 0 Å². The molecule has 1 aliphatic carbocycles. The lowest BCUT2D eigenvalue weighted by Gasteiger charge is -2.16. The average molecular weight is 170 g/mol. The van der Waals surface area contributed by atoms with Crippen LogP contribution in [-0.4, -0.2) is 17.9 Å². The first-order valence-corrected chi connectivity index (χ1v) is 4.58. The molecule has 2 rings (SSSR count). The van der Waals surface area contributed by atoms with Crippen molar-refractivity contribution in [2.45, 2.75) is 50.9 Å². The SMILES string of the molecule is CC(=O)OC1OC12CCCCC2. The average Bonchev–Trinajstić information content (AvgIpc) is 2.63. The van der Waals surface area contributed by atoms with E-state index in [1.807, 2.05) is 0 Å². The van der Waals surface area contributed by atoms with E-state index in [0.29, 0.717) is 0 Å². The van der Waals surface area contributed by atoms with Crippen molar-refractivity contribution < 1.29 is 14.3 Å². The van der Waals surface area contributed by atoms with Gasteiger partial charge in [0.25, 0.3) is 0 Å². The summed E-state index contributed by atoms with van der Waals surface area (Å²) in [6.07, 6.45) is 5.60. The summed E-state index contributed by atoms with van der Waals surface area (Å²) in [4.78, 5) is 10.6. The summed E-state index contributed by atoms with van der Waals surface area (Å²) in [5.41, 5.74) is -0.0656. The van der Waals surface area contributed by atoms with E-state index < -0.39 is 0 Å². The minimum Gasteiger partial charge on any atom is -0.433 e. The number of esters is 1. The monoisotopic (exact) mass is 170 g/mol. The van der Waals surface area contributed by atoms with E-state index in [-0.39, 0.29) is 17.9 Å². The Labute approximate surface area is 72.0 Å². The van der Waals surface area contributed by atoms with E-state index in [9.17, 15) is 4.79 Å². The third-order valence-electron chi connectivity index (χ3n) is 2.69. The Hall–Kier alpha value is -0.570. The molecule has 68 valence electrons. The molecular weight excluding hydrogens is 156 g/mol. The molecule has 2 fully saturated rings. The number of ether oxygens (including phenoxy) is 2. The normalized spacial score (nSPS) is 31.6. The second kappa shape index (κ2) is 2.73. The highest BCUT2D eigenvalue weighted by molar-refractivity contribution is 5.66. The van der Waals surface area contributed by atoms with Gasteiger partial charge in [0.1, 0.15) is 5.60 Å². The van der Waals surface area contributed by atoms with E-state index in [1.54, 1.807) is 0 Å². The number of hydrogen-bond donors (Lipinski definition) is 0. The van der Waals surface area contributed by atoms with Crippen molar-refractivity contribution in [1.29, 1.82) is 0 Å². The molecular formula is C9H14O3. The van der Waals surface area contributed by atoms with Gasteiger partial charge >= 0.3 is 5.97 Å². The standard InChI is InChI=1S/C9H14O3/c1-7(10)11-8-9(12-8)5-3-2-4-6-9/h8H,2-6H2,1H3. The number of carbonyl (C=O) groups is 1. The summed E-state index contributed by atoms with van der Waals surface area (Å²) in [6, 6.07) is 0. The molecule has 1 saturated carbocycles. The number of rotatable bonds is 1. The Morgan fingerprint density at radius 2 is 2.08 bits per heavy atom. The third-order valence-corrected chi connectivity index (χ3v) is 2.69. The molecule has 0 aromatic carbocycles. The molecule has 1 atom stereocenters. The van der Waals surface area contributed by atoms with E-state index >= 15 is 0 Å². The van der Waals surface area contributed by atoms with Crippen LogP contribution >= 0.6 is 0 Å². The van der Waals surface area contributed by atoms with Gasteiger partial charge in [-0.15, -0.1) is 0 Å². The topological polar surface area (TPSA) is 38.8 Å². The van der Waals surface area contributed by atoms with Crippen LogP contribution in [0.4, 0.5) is 0 Å². The van der Waals surface area contributed by atoms with Crippen molar-refractivity contribution >= 4 is 5.97 Å². The Balaban J connectivity index is 1.86. The van der Waals surface area contributed by atoms with Gasteiger partial charge in [0, 0.05) is 6.92 Å². The lowest BCUT2D eigenvalue weighted by Crippen LogP contribution is -2.21. The van der Waals surface area contributed by atoms with E-state index in [2.05, 4.69) is 0 Å². The Morgan fingerprint density at radius 3 is 2.67 bits per heavy atom. The van der Waals surface area contributed by atoms with E-state index in [4.69, 9.17) is 9.47 Å². The van der Waals surface area contributed by atoms with Crippen molar-refractivity contribution in [3.8, 4) is 0 Å². The van der Waals surface area contributed by atoms with Crippen LogP contribution in [0.1, 0.15) is 39.0 Å². The summed E-state index contributed by atoms with van der Waals surface area (Å²) in [5, 5.41) is 0. The van der Waals surface area contributed by atoms with Crippen molar-refractivity contribution in [3.05, 3.63) is 0 Å². The quantitative estimate of drug-likeness (QED) is 0.443. The first-order valence-electron chi connectivity index (χ1n) is 4.58. The summed E-state index contributed by atoms with van der Waals surface area (Å²) in [5.74, 6) is -0.234. The van der Waals surface area contributed by atoms with E-state index in [1.165, 1.54) is 26.2 Å². The maximum Gasteiger partial charge on any atom is 0.305 e. The zero-order valence-corrected chi connectivity index (χ0v) is 7.34. The number of hydrogen-bond acceptors (Lipinski definition) is 3. The lowest BCUT2D eigenvalue weighted by atomic mass is 9.89. The number of epoxide rings is 1. The fourth-order valence-corrected chi connectivity index (χ4v) is 1.97. The first-order chi connectivity index (χ1) is 5.73. The summed E-state index contributed by atoms with van der Waals surface area (Å²) < 4.78 is 10.4. The minimum atomic E-state index is -0.234. The molecule has 1 heterocycles. The van der Waals surface area contributed by atoms with Crippen molar-refractivity contribution in [3.63, 3.8) is 0 Å². The molecule has 0 aromatic heterocycles. The highest BCUT2D eigenvalue weighted by atomic mass is 16.8. The van der Waals surface area contributed by atoms with Gasteiger partial charge in [-0.1, -0.05) is 19.3 Å². The molecule has 1 aliphatic heterocycles. The molecule has 3 nitrogen and oxygen atoms in total. The largest absolute Gasteiger partial charge is 0.433 e. The predicted molar refractivity (Wildman–Crippen MR) is 42.5 cm³/mol. The predicted octanol–water partition coefficient (Wildman–Crippen LogP) is 1.61. The van der Waals surface area contributed by atoms with Gasteiger partial charge in [-0.05, 0) is 12.8 Å². The van der Waals surface area contributed by atoms with Crippen LogP contribution in [0.25, 0.3) is 0 Å². The zero-order chi connectivity index (χ0) is 8.60. The van der Waals surface area contributed by atoms with Crippen molar-refractivity contribution in [1.82, 2.24) is 0 Å². The minimum absolute atomic E-state index is 0.0656. The van der Waals surface area contributed by atoms with Crippen molar-refractivity contribution in [2.75, 3.05) is 0 Å². The van der Waals surface area contributed by atoms with Crippen LogP contribution in [0, 0.1) is 0 Å². The van der Waals surface area contributed by atoms with Crippen LogP contribution < -0.4 is 0 Å².